The van der Waals surface area contributed by atoms with Gasteiger partial charge in [0.05, 0.1) is 6.54 Å². The monoisotopic (exact) mass is 460 g/mol. The molecule has 0 aromatic heterocycles. The molecule has 0 saturated carbocycles. The average molecular weight is 461 g/mol. The maximum Gasteiger partial charge on any atom is 0.322 e. The zero-order valence-corrected chi connectivity index (χ0v) is 18.1. The number of carbonyl (C=O) groups excluding carboxylic acids is 3. The summed E-state index contributed by atoms with van der Waals surface area (Å²) in [6, 6.07) is 6.56. The molecule has 0 bridgehead atoms. The summed E-state index contributed by atoms with van der Waals surface area (Å²) in [6.45, 7) is 1.65. The number of rotatable bonds is 13. The number of halogens is 2. The topological polar surface area (TPSA) is 128 Å². The Morgan fingerprint density at radius 3 is 2.10 bits per heavy atom. The number of carbonyl (C=O) groups is 4. The zero-order chi connectivity index (χ0) is 22.5. The van der Waals surface area contributed by atoms with Gasteiger partial charge < -0.3 is 26.0 Å². The number of alkyl halides is 2. The maximum atomic E-state index is 12.4. The van der Waals surface area contributed by atoms with Crippen LogP contribution in [-0.4, -0.2) is 72.8 Å². The highest BCUT2D eigenvalue weighted by Crippen LogP contribution is 2.16. The molecule has 9 nitrogen and oxygen atoms in total. The highest BCUT2D eigenvalue weighted by Gasteiger charge is 2.21. The Kier molecular flexibility index (Phi) is 11.6. The third kappa shape index (κ3) is 9.80. The molecule has 0 heterocycles. The van der Waals surface area contributed by atoms with Gasteiger partial charge in [-0.05, 0) is 17.7 Å². The van der Waals surface area contributed by atoms with Crippen molar-refractivity contribution in [3.8, 4) is 0 Å². The fraction of sp³-hybridized carbons (Fsp3) is 0.474. The Bertz CT molecular complexity index is 724. The summed E-state index contributed by atoms with van der Waals surface area (Å²) in [5.41, 5.74) is 1.75. The Balaban J connectivity index is 2.74. The van der Waals surface area contributed by atoms with Crippen molar-refractivity contribution in [1.82, 2.24) is 16.0 Å². The van der Waals surface area contributed by atoms with Gasteiger partial charge in [-0.25, -0.2) is 0 Å². The van der Waals surface area contributed by atoms with Crippen LogP contribution < -0.4 is 20.9 Å². The largest absolute Gasteiger partial charge is 0.480 e. The lowest BCUT2D eigenvalue weighted by atomic mass is 10.0. The van der Waals surface area contributed by atoms with Crippen molar-refractivity contribution in [2.24, 2.45) is 0 Å². The minimum atomic E-state index is -1.19. The Labute approximate surface area is 185 Å². The summed E-state index contributed by atoms with van der Waals surface area (Å²) >= 11 is 11.7. The van der Waals surface area contributed by atoms with E-state index in [4.69, 9.17) is 28.3 Å². The smallest absolute Gasteiger partial charge is 0.322 e. The molecule has 3 amide bonds. The van der Waals surface area contributed by atoms with Crippen molar-refractivity contribution >= 4 is 52.6 Å². The summed E-state index contributed by atoms with van der Waals surface area (Å²) < 4.78 is 0. The molecule has 0 aliphatic rings. The Morgan fingerprint density at radius 2 is 1.60 bits per heavy atom. The van der Waals surface area contributed by atoms with Gasteiger partial charge in [0, 0.05) is 43.9 Å². The van der Waals surface area contributed by atoms with E-state index < -0.39 is 42.8 Å². The predicted octanol–water partition coefficient (Wildman–Crippen LogP) is 0.335. The molecule has 1 aromatic carbocycles. The van der Waals surface area contributed by atoms with E-state index in [1.807, 2.05) is 29.2 Å². The van der Waals surface area contributed by atoms with Crippen LogP contribution in [0, 0.1) is 0 Å². The number of nitrogens with one attached hydrogen (secondary N) is 3. The summed E-state index contributed by atoms with van der Waals surface area (Å²) in [5, 5.41) is 15.6. The normalized spacial score (nSPS) is 11.3. The van der Waals surface area contributed by atoms with Gasteiger partial charge in [0.1, 0.15) is 12.6 Å². The van der Waals surface area contributed by atoms with E-state index in [1.165, 1.54) is 6.92 Å². The lowest BCUT2D eigenvalue weighted by Gasteiger charge is -2.23. The molecule has 1 atom stereocenters. The van der Waals surface area contributed by atoms with Gasteiger partial charge in [0.25, 0.3) is 0 Å². The second-order valence-corrected chi connectivity index (χ2v) is 7.13. The van der Waals surface area contributed by atoms with Crippen LogP contribution in [0.3, 0.4) is 0 Å². The van der Waals surface area contributed by atoms with E-state index in [0.717, 1.165) is 11.3 Å². The van der Waals surface area contributed by atoms with Crippen molar-refractivity contribution < 1.29 is 24.3 Å². The van der Waals surface area contributed by atoms with E-state index in [-0.39, 0.29) is 6.42 Å². The molecule has 0 aliphatic carbocycles. The van der Waals surface area contributed by atoms with Crippen LogP contribution in [-0.2, 0) is 25.6 Å². The van der Waals surface area contributed by atoms with Crippen molar-refractivity contribution in [1.29, 1.82) is 0 Å². The van der Waals surface area contributed by atoms with Gasteiger partial charge in [0.15, 0.2) is 0 Å². The van der Waals surface area contributed by atoms with Crippen molar-refractivity contribution in [3.63, 3.8) is 0 Å². The first kappa shape index (κ1) is 25.5. The van der Waals surface area contributed by atoms with Gasteiger partial charge in [-0.1, -0.05) is 12.1 Å². The second kappa shape index (κ2) is 13.7. The van der Waals surface area contributed by atoms with Gasteiger partial charge in [-0.3, -0.25) is 19.2 Å². The molecule has 30 heavy (non-hydrogen) atoms. The van der Waals surface area contributed by atoms with E-state index in [9.17, 15) is 19.2 Å². The molecule has 4 N–H and O–H groups in total. The lowest BCUT2D eigenvalue weighted by Crippen LogP contribution is -2.49. The molecular weight excluding hydrogens is 435 g/mol. The number of carboxylic acids is 1. The first-order chi connectivity index (χ1) is 14.3. The molecule has 1 aromatic rings. The first-order valence-electron chi connectivity index (χ1n) is 9.26. The maximum absolute atomic E-state index is 12.4. The zero-order valence-electron chi connectivity index (χ0n) is 16.6. The van der Waals surface area contributed by atoms with Crippen LogP contribution in [0.1, 0.15) is 12.5 Å². The lowest BCUT2D eigenvalue weighted by molar-refractivity contribution is -0.138. The van der Waals surface area contributed by atoms with E-state index in [0.29, 0.717) is 24.8 Å². The third-order valence-corrected chi connectivity index (χ3v) is 4.34. The summed E-state index contributed by atoms with van der Waals surface area (Å²) in [6.07, 6.45) is 0.216. The van der Waals surface area contributed by atoms with Crippen LogP contribution in [0.4, 0.5) is 5.69 Å². The van der Waals surface area contributed by atoms with Crippen LogP contribution in [0.25, 0.3) is 0 Å². The summed E-state index contributed by atoms with van der Waals surface area (Å²) in [5.74, 6) is -1.85. The molecule has 0 radical (unpaired) electrons. The van der Waals surface area contributed by atoms with Gasteiger partial charge >= 0.3 is 5.97 Å². The number of hydrogen-bond acceptors (Lipinski definition) is 5. The minimum absolute atomic E-state index is 0.216. The van der Waals surface area contributed by atoms with Crippen molar-refractivity contribution in [3.05, 3.63) is 29.8 Å². The molecule has 0 fully saturated rings. The molecule has 0 saturated heterocycles. The molecule has 0 aliphatic heterocycles. The van der Waals surface area contributed by atoms with Crippen LogP contribution in [0.2, 0.25) is 0 Å². The van der Waals surface area contributed by atoms with Gasteiger partial charge in [0.2, 0.25) is 17.7 Å². The number of amides is 3. The Morgan fingerprint density at radius 1 is 1.00 bits per heavy atom. The highest BCUT2D eigenvalue weighted by molar-refractivity contribution is 6.18. The highest BCUT2D eigenvalue weighted by atomic mass is 35.5. The molecule has 1 rings (SSSR count). The SMILES string of the molecule is CC(=O)N[C@H](Cc1ccc(N(CCCl)CCCl)cc1)C(=O)NCC(=O)NCC(=O)O. The first-order valence-corrected chi connectivity index (χ1v) is 10.3. The molecule has 0 spiro atoms. The fourth-order valence-corrected chi connectivity index (χ4v) is 3.04. The molecule has 0 unspecified atom stereocenters. The minimum Gasteiger partial charge on any atom is -0.480 e. The van der Waals surface area contributed by atoms with Gasteiger partial charge in [-0.2, -0.15) is 0 Å². The number of anilines is 1. The standard InChI is InChI=1S/C19H26Cl2N4O5/c1-13(26)24-16(19(30)23-11-17(27)22-12-18(28)29)10-14-2-4-15(5-3-14)25(8-6-20)9-7-21/h2-5,16H,6-12H2,1H3,(H,22,27)(H,23,30)(H,24,26)(H,28,29)/t16-/m1/s1. The number of benzene rings is 1. The van der Waals surface area contributed by atoms with Crippen LogP contribution in [0.15, 0.2) is 24.3 Å². The Hall–Kier alpha value is -2.52. The second-order valence-electron chi connectivity index (χ2n) is 6.38. The molecule has 11 heteroatoms. The number of aliphatic carboxylic acids is 1. The van der Waals surface area contributed by atoms with Gasteiger partial charge in [-0.15, -0.1) is 23.2 Å². The molecular formula is C19H26Cl2N4O5. The molecule has 166 valence electrons. The summed E-state index contributed by atoms with van der Waals surface area (Å²) in [4.78, 5) is 47.9. The van der Waals surface area contributed by atoms with E-state index in [1.54, 1.807) is 0 Å². The van der Waals surface area contributed by atoms with E-state index >= 15 is 0 Å². The van der Waals surface area contributed by atoms with Crippen molar-refractivity contribution in [2.45, 2.75) is 19.4 Å². The average Bonchev–Trinajstić information content (AvgIpc) is 2.70. The third-order valence-electron chi connectivity index (χ3n) is 4.00. The number of carboxylic acid groups (broad SMARTS) is 1. The quantitative estimate of drug-likeness (QED) is 0.314. The van der Waals surface area contributed by atoms with Crippen LogP contribution >= 0.6 is 23.2 Å². The van der Waals surface area contributed by atoms with Crippen molar-refractivity contribution in [2.75, 3.05) is 42.8 Å². The predicted molar refractivity (Wildman–Crippen MR) is 115 cm³/mol. The fourth-order valence-electron chi connectivity index (χ4n) is 2.63. The van der Waals surface area contributed by atoms with Crippen LogP contribution in [0.5, 0.6) is 0 Å². The number of hydrogen-bond donors (Lipinski definition) is 4. The summed E-state index contributed by atoms with van der Waals surface area (Å²) in [7, 11) is 0. The number of nitrogens with zero attached hydrogens (tertiary/aromatic N) is 1. The van der Waals surface area contributed by atoms with E-state index in [2.05, 4.69) is 16.0 Å².